The second-order valence-electron chi connectivity index (χ2n) is 13.9. The maximum absolute atomic E-state index is 14.0. The number of fused-ring (bicyclic) bond motifs is 8. The largest absolute Gasteiger partial charge is 0.493 e. The number of aliphatic imine (C=N–C) groups is 1. The van der Waals surface area contributed by atoms with Crippen molar-refractivity contribution in [1.29, 1.82) is 0 Å². The van der Waals surface area contributed by atoms with E-state index in [1.54, 1.807) is 32.4 Å². The highest BCUT2D eigenvalue weighted by Gasteiger charge is 2.39. The Morgan fingerprint density at radius 3 is 1.98 bits per heavy atom. The number of ether oxygens (including phenoxy) is 4. The van der Waals surface area contributed by atoms with Gasteiger partial charge in [-0.1, -0.05) is 86.9 Å². The van der Waals surface area contributed by atoms with Crippen molar-refractivity contribution in [3.63, 3.8) is 0 Å². The first-order chi connectivity index (χ1) is 27.8. The molecular formula is C44H37I3N4O6. The van der Waals surface area contributed by atoms with E-state index in [2.05, 4.69) is 55.1 Å². The monoisotopic (exact) mass is 1100 g/mol. The fraction of sp³-hybridized carbons (Fsp3) is 0.205. The molecule has 4 aliphatic rings. The van der Waals surface area contributed by atoms with E-state index in [0.29, 0.717) is 46.4 Å². The third-order valence-electron chi connectivity index (χ3n) is 10.8. The van der Waals surface area contributed by atoms with E-state index in [-0.39, 0.29) is 37.1 Å². The number of hydrogen-bond donors (Lipinski definition) is 1. The van der Waals surface area contributed by atoms with Gasteiger partial charge in [0.1, 0.15) is 13.2 Å². The SMILES string of the molecule is C=Ic1c(COc2cc3c(cc2OC)C(=O)N2c4ccccc4C[C@H]2C=N3)cc(COc2cc3c(cc2OC)C(=O)N2c4ccccc4C[C@H]2CN3)c(I=C)c1I. The van der Waals surface area contributed by atoms with Crippen molar-refractivity contribution in [2.75, 3.05) is 35.9 Å². The van der Waals surface area contributed by atoms with Gasteiger partial charge >= 0.3 is 0 Å². The molecule has 10 nitrogen and oxygen atoms in total. The fourth-order valence-corrected chi connectivity index (χ4v) is 14.1. The number of benzene rings is 5. The molecule has 5 aromatic carbocycles. The van der Waals surface area contributed by atoms with E-state index in [9.17, 15) is 9.59 Å². The van der Waals surface area contributed by atoms with Gasteiger partial charge in [-0.3, -0.25) is 19.5 Å². The highest BCUT2D eigenvalue weighted by atomic mass is 127. The Labute approximate surface area is 364 Å². The first-order valence-corrected chi connectivity index (χ1v) is 24.5. The summed E-state index contributed by atoms with van der Waals surface area (Å²) in [6.45, 7) is 1.15. The molecule has 5 aromatic rings. The third kappa shape index (κ3) is 6.72. The first kappa shape index (κ1) is 38.2. The van der Waals surface area contributed by atoms with Crippen molar-refractivity contribution >= 4 is 114 Å². The Kier molecular flexibility index (Phi) is 10.6. The highest BCUT2D eigenvalue weighted by molar-refractivity contribution is 14.2. The van der Waals surface area contributed by atoms with E-state index < -0.39 is 41.5 Å². The fourth-order valence-electron chi connectivity index (χ4n) is 8.13. The van der Waals surface area contributed by atoms with Crippen LogP contribution < -0.4 is 34.1 Å². The van der Waals surface area contributed by atoms with Gasteiger partial charge in [-0.2, -0.15) is 0 Å². The van der Waals surface area contributed by atoms with E-state index in [1.807, 2.05) is 58.5 Å². The van der Waals surface area contributed by atoms with Gasteiger partial charge in [-0.15, -0.1) is 0 Å². The zero-order valence-electron chi connectivity index (χ0n) is 31.1. The molecule has 4 aliphatic heterocycles. The molecule has 0 bridgehead atoms. The van der Waals surface area contributed by atoms with Crippen LogP contribution in [0.2, 0.25) is 0 Å². The molecule has 0 fully saturated rings. The predicted octanol–water partition coefficient (Wildman–Crippen LogP) is 8.90. The Morgan fingerprint density at radius 2 is 1.33 bits per heavy atom. The van der Waals surface area contributed by atoms with Gasteiger partial charge in [-0.25, -0.2) is 0 Å². The molecule has 0 radical (unpaired) electrons. The number of nitrogens with one attached hydrogen (secondary N) is 1. The number of carbonyl (C=O) groups is 2. The minimum atomic E-state index is -0.564. The van der Waals surface area contributed by atoms with Crippen LogP contribution in [0.5, 0.6) is 23.0 Å². The minimum Gasteiger partial charge on any atom is -0.493 e. The lowest BCUT2D eigenvalue weighted by Crippen LogP contribution is -2.39. The maximum atomic E-state index is 14.0. The molecule has 9 rings (SSSR count). The van der Waals surface area contributed by atoms with Crippen LogP contribution in [0, 0.1) is 10.7 Å². The van der Waals surface area contributed by atoms with Crippen molar-refractivity contribution in [2.24, 2.45) is 4.99 Å². The van der Waals surface area contributed by atoms with Crippen LogP contribution in [0.15, 0.2) is 83.9 Å². The first-order valence-electron chi connectivity index (χ1n) is 18.2. The molecule has 0 saturated carbocycles. The van der Waals surface area contributed by atoms with Gasteiger partial charge in [0.15, 0.2) is 23.0 Å². The molecule has 2 atom stereocenters. The molecular weight excluding hydrogens is 1060 g/mol. The topological polar surface area (TPSA) is 102 Å². The zero-order chi connectivity index (χ0) is 39.4. The third-order valence-corrected chi connectivity index (χ3v) is 17.9. The van der Waals surface area contributed by atoms with E-state index in [4.69, 9.17) is 23.9 Å². The van der Waals surface area contributed by atoms with Crippen molar-refractivity contribution in [2.45, 2.75) is 38.1 Å². The van der Waals surface area contributed by atoms with Gasteiger partial charge < -0.3 is 29.2 Å². The number of para-hydroxylation sites is 2. The van der Waals surface area contributed by atoms with Gasteiger partial charge in [-0.05, 0) is 70.5 Å². The number of anilines is 3. The lowest BCUT2D eigenvalue weighted by Gasteiger charge is -2.23. The van der Waals surface area contributed by atoms with Crippen LogP contribution in [0.1, 0.15) is 43.0 Å². The predicted molar refractivity (Wildman–Crippen MR) is 252 cm³/mol. The van der Waals surface area contributed by atoms with Crippen LogP contribution in [0.4, 0.5) is 22.7 Å². The van der Waals surface area contributed by atoms with E-state index in [0.717, 1.165) is 50.2 Å². The van der Waals surface area contributed by atoms with Crippen LogP contribution in [-0.2, 0) is 26.1 Å². The van der Waals surface area contributed by atoms with Gasteiger partial charge in [0.2, 0.25) is 0 Å². The molecule has 0 spiro atoms. The summed E-state index contributed by atoms with van der Waals surface area (Å²) < 4.78 is 37.0. The number of hydrogen-bond acceptors (Lipinski definition) is 8. The summed E-state index contributed by atoms with van der Waals surface area (Å²) in [4.78, 5) is 36.4. The summed E-state index contributed by atoms with van der Waals surface area (Å²) in [5, 5.41) is 3.52. The molecule has 57 heavy (non-hydrogen) atoms. The van der Waals surface area contributed by atoms with Crippen LogP contribution in [0.3, 0.4) is 0 Å². The lowest BCUT2D eigenvalue weighted by molar-refractivity contribution is 0.0976. The Morgan fingerprint density at radius 1 is 0.754 bits per heavy atom. The summed E-state index contributed by atoms with van der Waals surface area (Å²) in [5.74, 6) is 1.82. The average molecular weight is 1100 g/mol. The summed E-state index contributed by atoms with van der Waals surface area (Å²) >= 11 is 1.30. The molecule has 4 heterocycles. The lowest BCUT2D eigenvalue weighted by atomic mass is 10.1. The second-order valence-corrected chi connectivity index (χ2v) is 18.7. The molecule has 0 unspecified atom stereocenters. The van der Waals surface area contributed by atoms with E-state index >= 15 is 0 Å². The Hall–Kier alpha value is -4.36. The van der Waals surface area contributed by atoms with Crippen LogP contribution in [-0.4, -0.2) is 59.9 Å². The number of rotatable bonds is 10. The minimum absolute atomic E-state index is 0.0233. The number of amides is 2. The van der Waals surface area contributed by atoms with Crippen molar-refractivity contribution < 1.29 is 28.5 Å². The van der Waals surface area contributed by atoms with E-state index in [1.165, 1.54) is 12.7 Å². The van der Waals surface area contributed by atoms with Gasteiger partial charge in [0.05, 0.1) is 48.8 Å². The number of methoxy groups -OCH3 is 2. The molecule has 0 aromatic heterocycles. The second kappa shape index (κ2) is 15.8. The normalized spacial score (nSPS) is 17.3. The number of halogens is 3. The summed E-state index contributed by atoms with van der Waals surface area (Å²) in [5.41, 5.74) is 8.50. The maximum Gasteiger partial charge on any atom is 0.261 e. The van der Waals surface area contributed by atoms with Crippen LogP contribution >= 0.6 is 64.1 Å². The molecule has 0 saturated heterocycles. The molecule has 0 aliphatic carbocycles. The molecule has 1 N–H and O–H groups in total. The number of carbonyl (C=O) groups excluding carboxylic acids is 2. The smallest absolute Gasteiger partial charge is 0.261 e. The Balaban J connectivity index is 0.982. The van der Waals surface area contributed by atoms with Crippen LogP contribution in [0.25, 0.3) is 0 Å². The summed E-state index contributed by atoms with van der Waals surface area (Å²) in [6, 6.07) is 25.3. The average Bonchev–Trinajstić information content (AvgIpc) is 3.72. The van der Waals surface area contributed by atoms with Gasteiger partial charge in [0.25, 0.3) is 11.8 Å². The Bertz CT molecular complexity index is 2560. The highest BCUT2D eigenvalue weighted by Crippen LogP contribution is 2.43. The molecule has 2 amide bonds. The quantitative estimate of drug-likeness (QED) is 0.110. The van der Waals surface area contributed by atoms with Crippen molar-refractivity contribution in [3.8, 4) is 23.0 Å². The summed E-state index contributed by atoms with van der Waals surface area (Å²) in [7, 11) is 3.17. The standard InChI is InChI=1S/C44H37I3N4O6/c1-46-41-26(22-56-38-18-32-30(16-36(38)54-3)43(52)50-28(20-48-32)14-24-9-5-7-11-34(24)50)13-27(42(47-2)40(41)45)23-57-39-19-33-31(17-37(39)55-4)44(53)51-29(21-49-33)15-25-10-6-8-12-35(25)51/h5-13,16-20,28-29,49H,1-2,14-15,21-23H2,3-4H3/t28-,29-/m0/s1. The summed E-state index contributed by atoms with van der Waals surface area (Å²) in [6.07, 6.45) is 3.38. The molecule has 13 heteroatoms. The number of nitrogens with zero attached hydrogens (tertiary/aromatic N) is 3. The van der Waals surface area contributed by atoms with Crippen molar-refractivity contribution in [1.82, 2.24) is 0 Å². The van der Waals surface area contributed by atoms with Gasteiger partial charge in [0, 0.05) is 64.5 Å². The van der Waals surface area contributed by atoms with Crippen molar-refractivity contribution in [3.05, 3.63) is 123 Å². The zero-order valence-corrected chi connectivity index (χ0v) is 37.6. The molecule has 290 valence electrons.